The standard InChI is InChI=1S/C23H26N2O4/c1-28-20-9-10-21(29-2)18(16-20)8-11-22(26)25-14-12-19(13-15-25)24-23(27)17-6-4-3-5-7-17/h3-11,16,19H,12-15H2,1-2H3,(H,24,27)/b11-8+. The lowest BCUT2D eigenvalue weighted by Crippen LogP contribution is -2.46. The SMILES string of the molecule is COc1ccc(OC)c(/C=C/C(=O)N2CCC(NC(=O)c3ccccc3)CC2)c1. The second-order valence-corrected chi connectivity index (χ2v) is 6.88. The molecule has 1 N–H and O–H groups in total. The molecule has 6 nitrogen and oxygen atoms in total. The fraction of sp³-hybridized carbons (Fsp3) is 0.304. The van der Waals surface area contributed by atoms with Crippen molar-refractivity contribution in [2.45, 2.75) is 18.9 Å². The van der Waals surface area contributed by atoms with Crippen LogP contribution in [-0.4, -0.2) is 50.1 Å². The highest BCUT2D eigenvalue weighted by molar-refractivity contribution is 5.94. The van der Waals surface area contributed by atoms with Gasteiger partial charge in [-0.05, 0) is 49.2 Å². The largest absolute Gasteiger partial charge is 0.497 e. The lowest BCUT2D eigenvalue weighted by molar-refractivity contribution is -0.126. The Morgan fingerprint density at radius 2 is 1.76 bits per heavy atom. The van der Waals surface area contributed by atoms with Gasteiger partial charge in [-0.1, -0.05) is 18.2 Å². The average molecular weight is 394 g/mol. The van der Waals surface area contributed by atoms with Crippen LogP contribution in [0, 0.1) is 0 Å². The number of carbonyl (C=O) groups excluding carboxylic acids is 2. The summed E-state index contributed by atoms with van der Waals surface area (Å²) < 4.78 is 10.6. The summed E-state index contributed by atoms with van der Waals surface area (Å²) in [6.07, 6.45) is 4.77. The lowest BCUT2D eigenvalue weighted by atomic mass is 10.0. The van der Waals surface area contributed by atoms with E-state index in [0.717, 1.165) is 18.4 Å². The van der Waals surface area contributed by atoms with E-state index in [1.54, 1.807) is 43.4 Å². The van der Waals surface area contributed by atoms with Gasteiger partial charge in [0.1, 0.15) is 11.5 Å². The maximum absolute atomic E-state index is 12.6. The molecule has 1 fully saturated rings. The van der Waals surface area contributed by atoms with E-state index in [1.165, 1.54) is 0 Å². The number of likely N-dealkylation sites (tertiary alicyclic amines) is 1. The first-order chi connectivity index (χ1) is 14.1. The van der Waals surface area contributed by atoms with Crippen LogP contribution >= 0.6 is 0 Å². The molecule has 2 aromatic rings. The zero-order chi connectivity index (χ0) is 20.6. The third kappa shape index (κ3) is 5.38. The molecule has 0 unspecified atom stereocenters. The lowest BCUT2D eigenvalue weighted by Gasteiger charge is -2.31. The van der Waals surface area contributed by atoms with Crippen LogP contribution in [0.2, 0.25) is 0 Å². The quantitative estimate of drug-likeness (QED) is 0.765. The highest BCUT2D eigenvalue weighted by atomic mass is 16.5. The number of ether oxygens (including phenoxy) is 2. The van der Waals surface area contributed by atoms with Crippen molar-refractivity contribution < 1.29 is 19.1 Å². The Morgan fingerprint density at radius 3 is 2.41 bits per heavy atom. The average Bonchev–Trinajstić information content (AvgIpc) is 2.78. The number of rotatable bonds is 6. The molecule has 2 amide bonds. The summed E-state index contributed by atoms with van der Waals surface area (Å²) in [6, 6.07) is 14.7. The van der Waals surface area contributed by atoms with E-state index in [4.69, 9.17) is 9.47 Å². The summed E-state index contributed by atoms with van der Waals surface area (Å²) >= 11 is 0. The first kappa shape index (κ1) is 20.5. The second kappa shape index (κ2) is 9.78. The van der Waals surface area contributed by atoms with Gasteiger partial charge in [0, 0.05) is 36.3 Å². The molecule has 0 spiro atoms. The molecule has 1 heterocycles. The summed E-state index contributed by atoms with van der Waals surface area (Å²) in [5.74, 6) is 1.26. The second-order valence-electron chi connectivity index (χ2n) is 6.88. The van der Waals surface area contributed by atoms with Gasteiger partial charge in [-0.15, -0.1) is 0 Å². The Morgan fingerprint density at radius 1 is 1.03 bits per heavy atom. The van der Waals surface area contributed by atoms with Crippen molar-refractivity contribution in [1.29, 1.82) is 0 Å². The number of nitrogens with zero attached hydrogens (tertiary/aromatic N) is 1. The first-order valence-electron chi connectivity index (χ1n) is 9.65. The highest BCUT2D eigenvalue weighted by Crippen LogP contribution is 2.25. The zero-order valence-corrected chi connectivity index (χ0v) is 16.8. The van der Waals surface area contributed by atoms with Crippen LogP contribution in [0.4, 0.5) is 0 Å². The van der Waals surface area contributed by atoms with E-state index in [2.05, 4.69) is 5.32 Å². The topological polar surface area (TPSA) is 67.9 Å². The third-order valence-corrected chi connectivity index (χ3v) is 5.02. The number of nitrogens with one attached hydrogen (secondary N) is 1. The molecule has 0 radical (unpaired) electrons. The van der Waals surface area contributed by atoms with Crippen LogP contribution in [0.5, 0.6) is 11.5 Å². The molecule has 0 saturated carbocycles. The van der Waals surface area contributed by atoms with Crippen LogP contribution in [0.15, 0.2) is 54.6 Å². The van der Waals surface area contributed by atoms with Crippen LogP contribution in [0.1, 0.15) is 28.8 Å². The Bertz CT molecular complexity index is 872. The molecular weight excluding hydrogens is 368 g/mol. The molecule has 29 heavy (non-hydrogen) atoms. The summed E-state index contributed by atoms with van der Waals surface area (Å²) in [7, 11) is 3.19. The molecule has 1 aliphatic heterocycles. The number of hydrogen-bond acceptors (Lipinski definition) is 4. The Balaban J connectivity index is 1.54. The number of hydrogen-bond donors (Lipinski definition) is 1. The van der Waals surface area contributed by atoms with E-state index >= 15 is 0 Å². The minimum absolute atomic E-state index is 0.0530. The smallest absolute Gasteiger partial charge is 0.251 e. The Hall–Kier alpha value is -3.28. The van der Waals surface area contributed by atoms with Gasteiger partial charge in [-0.3, -0.25) is 9.59 Å². The molecule has 1 saturated heterocycles. The molecule has 3 rings (SSSR count). The first-order valence-corrected chi connectivity index (χ1v) is 9.65. The molecule has 0 aliphatic carbocycles. The fourth-order valence-electron chi connectivity index (χ4n) is 3.34. The molecular formula is C23H26N2O4. The normalized spacial score (nSPS) is 14.6. The summed E-state index contributed by atoms with van der Waals surface area (Å²) in [6.45, 7) is 1.22. The predicted molar refractivity (Wildman–Crippen MR) is 112 cm³/mol. The van der Waals surface area contributed by atoms with Gasteiger partial charge in [0.25, 0.3) is 5.91 Å². The van der Waals surface area contributed by atoms with E-state index < -0.39 is 0 Å². The van der Waals surface area contributed by atoms with Crippen LogP contribution in [0.25, 0.3) is 6.08 Å². The van der Waals surface area contributed by atoms with Gasteiger partial charge in [0.05, 0.1) is 14.2 Å². The maximum Gasteiger partial charge on any atom is 0.251 e. The highest BCUT2D eigenvalue weighted by Gasteiger charge is 2.23. The Kier molecular flexibility index (Phi) is 6.89. The minimum Gasteiger partial charge on any atom is -0.497 e. The van der Waals surface area contributed by atoms with Crippen molar-refractivity contribution in [3.8, 4) is 11.5 Å². The van der Waals surface area contributed by atoms with Gasteiger partial charge >= 0.3 is 0 Å². The van der Waals surface area contributed by atoms with E-state index in [0.29, 0.717) is 30.2 Å². The van der Waals surface area contributed by atoms with Gasteiger partial charge in [0.15, 0.2) is 0 Å². The number of carbonyl (C=O) groups is 2. The monoisotopic (exact) mass is 394 g/mol. The predicted octanol–water partition coefficient (Wildman–Crippen LogP) is 3.14. The molecule has 2 aromatic carbocycles. The molecule has 0 atom stereocenters. The summed E-state index contributed by atoms with van der Waals surface area (Å²) in [5.41, 5.74) is 1.44. The number of piperidine rings is 1. The fourth-order valence-corrected chi connectivity index (χ4v) is 3.34. The Labute approximate surface area is 171 Å². The van der Waals surface area contributed by atoms with Crippen molar-refractivity contribution in [2.75, 3.05) is 27.3 Å². The van der Waals surface area contributed by atoms with Crippen LogP contribution < -0.4 is 14.8 Å². The zero-order valence-electron chi connectivity index (χ0n) is 16.8. The third-order valence-electron chi connectivity index (χ3n) is 5.02. The summed E-state index contributed by atoms with van der Waals surface area (Å²) in [5, 5.41) is 3.05. The number of methoxy groups -OCH3 is 2. The van der Waals surface area contributed by atoms with E-state index in [-0.39, 0.29) is 17.9 Å². The molecule has 6 heteroatoms. The number of amides is 2. The minimum atomic E-state index is -0.0691. The van der Waals surface area contributed by atoms with Gasteiger partial charge < -0.3 is 19.7 Å². The van der Waals surface area contributed by atoms with Crippen molar-refractivity contribution in [1.82, 2.24) is 10.2 Å². The maximum atomic E-state index is 12.6. The molecule has 0 aromatic heterocycles. The van der Waals surface area contributed by atoms with Crippen molar-refractivity contribution in [3.05, 3.63) is 65.7 Å². The van der Waals surface area contributed by atoms with Crippen molar-refractivity contribution in [3.63, 3.8) is 0 Å². The van der Waals surface area contributed by atoms with Gasteiger partial charge in [-0.2, -0.15) is 0 Å². The van der Waals surface area contributed by atoms with Gasteiger partial charge in [0.2, 0.25) is 5.91 Å². The van der Waals surface area contributed by atoms with Crippen LogP contribution in [-0.2, 0) is 4.79 Å². The number of benzene rings is 2. The van der Waals surface area contributed by atoms with Crippen molar-refractivity contribution in [2.24, 2.45) is 0 Å². The van der Waals surface area contributed by atoms with E-state index in [1.807, 2.05) is 36.4 Å². The van der Waals surface area contributed by atoms with Crippen LogP contribution in [0.3, 0.4) is 0 Å². The van der Waals surface area contributed by atoms with Gasteiger partial charge in [-0.25, -0.2) is 0 Å². The molecule has 0 bridgehead atoms. The van der Waals surface area contributed by atoms with Crippen molar-refractivity contribution >= 4 is 17.9 Å². The summed E-state index contributed by atoms with van der Waals surface area (Å²) in [4.78, 5) is 26.6. The molecule has 152 valence electrons. The molecule has 1 aliphatic rings. The van der Waals surface area contributed by atoms with E-state index in [9.17, 15) is 9.59 Å².